The molecule has 0 radical (unpaired) electrons. The molecule has 1 saturated heterocycles. The Hall–Kier alpha value is -1.29. The first-order chi connectivity index (χ1) is 7.33. The normalized spacial score (nSPS) is 17.9. The lowest BCUT2D eigenvalue weighted by molar-refractivity contribution is 0.0847. The van der Waals surface area contributed by atoms with Crippen LogP contribution in [0.3, 0.4) is 0 Å². The van der Waals surface area contributed by atoms with Crippen LogP contribution in [0, 0.1) is 0 Å². The fraction of sp³-hybridized carbons (Fsp3) is 0.545. The molecule has 0 saturated carbocycles. The first-order valence-electron chi connectivity index (χ1n) is 5.32. The summed E-state index contributed by atoms with van der Waals surface area (Å²) in [6.45, 7) is 6.05. The Kier molecular flexibility index (Phi) is 3.06. The summed E-state index contributed by atoms with van der Waals surface area (Å²) in [5.74, 6) is 1.24. The zero-order valence-electron chi connectivity index (χ0n) is 8.85. The first-order valence-corrected chi connectivity index (χ1v) is 5.32. The molecule has 0 unspecified atom stereocenters. The molecule has 0 atom stereocenters. The van der Waals surface area contributed by atoms with Gasteiger partial charge in [0.15, 0.2) is 0 Å². The Morgan fingerprint density at radius 3 is 3.00 bits per heavy atom. The van der Waals surface area contributed by atoms with Crippen LogP contribution >= 0.6 is 0 Å². The third-order valence-corrected chi connectivity index (χ3v) is 2.84. The second kappa shape index (κ2) is 4.49. The average Bonchev–Trinajstić information content (AvgIpc) is 2.63. The topological polar surface area (TPSA) is 53.1 Å². The molecular weight excluding hydrogens is 190 g/mol. The largest absolute Gasteiger partial charge is 0.384 e. The Labute approximate surface area is 89.7 Å². The smallest absolute Gasteiger partial charge is 0.127 e. The number of hydrogen-bond donors (Lipinski definition) is 1. The minimum absolute atomic E-state index is 0.463. The number of hydrogen-bond acceptors (Lipinski definition) is 3. The molecule has 4 heteroatoms. The number of nitrogens with two attached hydrogens (primary N) is 1. The lowest BCUT2D eigenvalue weighted by Crippen LogP contribution is -2.16. The number of ether oxygens (including phenoxy) is 1. The van der Waals surface area contributed by atoms with Crippen molar-refractivity contribution < 1.29 is 4.74 Å². The van der Waals surface area contributed by atoms with Crippen molar-refractivity contribution in [2.24, 2.45) is 0 Å². The van der Waals surface area contributed by atoms with Crippen molar-refractivity contribution in [1.29, 1.82) is 0 Å². The molecule has 2 rings (SSSR count). The third-order valence-electron chi connectivity index (χ3n) is 2.84. The first kappa shape index (κ1) is 10.2. The van der Waals surface area contributed by atoms with E-state index in [-0.39, 0.29) is 0 Å². The Morgan fingerprint density at radius 1 is 1.60 bits per heavy atom. The van der Waals surface area contributed by atoms with E-state index in [1.807, 2.05) is 10.6 Å². The van der Waals surface area contributed by atoms with Gasteiger partial charge in [0, 0.05) is 25.7 Å². The maximum Gasteiger partial charge on any atom is 0.127 e. The Morgan fingerprint density at radius 2 is 2.33 bits per heavy atom. The standard InChI is InChI=1S/C11H17N3O/c1-2-5-14-8-13-10(11(14)12)9-3-6-15-7-4-9/h2,8-9H,1,3-7,12H2. The van der Waals surface area contributed by atoms with E-state index in [0.717, 1.165) is 44.1 Å². The molecule has 2 heterocycles. The van der Waals surface area contributed by atoms with Gasteiger partial charge in [-0.1, -0.05) is 6.08 Å². The minimum Gasteiger partial charge on any atom is -0.384 e. The zero-order valence-corrected chi connectivity index (χ0v) is 8.85. The molecule has 1 aromatic rings. The highest BCUT2D eigenvalue weighted by Crippen LogP contribution is 2.29. The van der Waals surface area contributed by atoms with Gasteiger partial charge in [0.05, 0.1) is 12.0 Å². The van der Waals surface area contributed by atoms with E-state index in [9.17, 15) is 0 Å². The van der Waals surface area contributed by atoms with E-state index in [0.29, 0.717) is 5.92 Å². The fourth-order valence-electron chi connectivity index (χ4n) is 1.98. The number of nitrogen functional groups attached to an aromatic ring is 1. The molecule has 4 nitrogen and oxygen atoms in total. The van der Waals surface area contributed by atoms with Crippen molar-refractivity contribution in [1.82, 2.24) is 9.55 Å². The van der Waals surface area contributed by atoms with Crippen LogP contribution < -0.4 is 5.73 Å². The Bertz CT molecular complexity index is 340. The molecule has 1 aromatic heterocycles. The highest BCUT2D eigenvalue weighted by Gasteiger charge is 2.21. The van der Waals surface area contributed by atoms with Gasteiger partial charge in [-0.3, -0.25) is 0 Å². The predicted octanol–water partition coefficient (Wildman–Crippen LogP) is 1.55. The van der Waals surface area contributed by atoms with Crippen LogP contribution in [0.25, 0.3) is 0 Å². The summed E-state index contributed by atoms with van der Waals surface area (Å²) < 4.78 is 7.25. The second-order valence-electron chi connectivity index (χ2n) is 3.84. The molecule has 2 N–H and O–H groups in total. The lowest BCUT2D eigenvalue weighted by Gasteiger charge is -2.20. The molecule has 0 amide bonds. The van der Waals surface area contributed by atoms with Crippen LogP contribution in [0.15, 0.2) is 19.0 Å². The third kappa shape index (κ3) is 2.04. The zero-order chi connectivity index (χ0) is 10.7. The summed E-state index contributed by atoms with van der Waals surface area (Å²) in [4.78, 5) is 4.39. The molecule has 1 aliphatic rings. The highest BCUT2D eigenvalue weighted by atomic mass is 16.5. The van der Waals surface area contributed by atoms with Gasteiger partial charge < -0.3 is 15.0 Å². The van der Waals surface area contributed by atoms with Gasteiger partial charge >= 0.3 is 0 Å². The summed E-state index contributed by atoms with van der Waals surface area (Å²) in [5, 5.41) is 0. The number of anilines is 1. The van der Waals surface area contributed by atoms with Crippen molar-refractivity contribution in [3.8, 4) is 0 Å². The molecule has 1 aliphatic heterocycles. The molecule has 1 fully saturated rings. The highest BCUT2D eigenvalue weighted by molar-refractivity contribution is 5.38. The number of imidazole rings is 1. The summed E-state index contributed by atoms with van der Waals surface area (Å²) in [5.41, 5.74) is 7.06. The van der Waals surface area contributed by atoms with Crippen LogP contribution in [0.1, 0.15) is 24.5 Å². The Balaban J connectivity index is 2.16. The summed E-state index contributed by atoms with van der Waals surface area (Å²) in [7, 11) is 0. The van der Waals surface area contributed by atoms with Gasteiger partial charge in [0.1, 0.15) is 5.82 Å². The van der Waals surface area contributed by atoms with Crippen molar-refractivity contribution in [3.63, 3.8) is 0 Å². The van der Waals surface area contributed by atoms with Gasteiger partial charge in [-0.05, 0) is 12.8 Å². The summed E-state index contributed by atoms with van der Waals surface area (Å²) in [6, 6.07) is 0. The maximum absolute atomic E-state index is 6.03. The predicted molar refractivity (Wildman–Crippen MR) is 59.6 cm³/mol. The minimum atomic E-state index is 0.463. The average molecular weight is 207 g/mol. The number of allylic oxidation sites excluding steroid dienone is 1. The number of nitrogens with zero attached hydrogens (tertiary/aromatic N) is 2. The van der Waals surface area contributed by atoms with E-state index < -0.39 is 0 Å². The van der Waals surface area contributed by atoms with Gasteiger partial charge in [-0.15, -0.1) is 6.58 Å². The van der Waals surface area contributed by atoms with Crippen molar-refractivity contribution in [2.45, 2.75) is 25.3 Å². The quantitative estimate of drug-likeness (QED) is 0.765. The number of rotatable bonds is 3. The number of aromatic nitrogens is 2. The maximum atomic E-state index is 6.03. The van der Waals surface area contributed by atoms with Crippen molar-refractivity contribution >= 4 is 5.82 Å². The van der Waals surface area contributed by atoms with Gasteiger partial charge in [-0.2, -0.15) is 0 Å². The van der Waals surface area contributed by atoms with E-state index in [1.165, 1.54) is 0 Å². The SMILES string of the molecule is C=CCn1cnc(C2CCOCC2)c1N. The van der Waals surface area contributed by atoms with Crippen LogP contribution in [-0.4, -0.2) is 22.8 Å². The molecule has 0 spiro atoms. The van der Waals surface area contributed by atoms with Gasteiger partial charge in [-0.25, -0.2) is 4.98 Å². The molecular formula is C11H17N3O. The lowest BCUT2D eigenvalue weighted by atomic mass is 9.96. The van der Waals surface area contributed by atoms with Crippen LogP contribution in [0.2, 0.25) is 0 Å². The molecule has 0 bridgehead atoms. The molecule has 0 aliphatic carbocycles. The molecule has 0 aromatic carbocycles. The van der Waals surface area contributed by atoms with Crippen LogP contribution in [0.5, 0.6) is 0 Å². The van der Waals surface area contributed by atoms with Gasteiger partial charge in [0.25, 0.3) is 0 Å². The fourth-order valence-corrected chi connectivity index (χ4v) is 1.98. The monoisotopic (exact) mass is 207 g/mol. The second-order valence-corrected chi connectivity index (χ2v) is 3.84. The summed E-state index contributed by atoms with van der Waals surface area (Å²) >= 11 is 0. The summed E-state index contributed by atoms with van der Waals surface area (Å²) in [6.07, 6.45) is 5.66. The van der Waals surface area contributed by atoms with E-state index in [1.54, 1.807) is 6.33 Å². The van der Waals surface area contributed by atoms with Crippen LogP contribution in [0.4, 0.5) is 5.82 Å². The van der Waals surface area contributed by atoms with E-state index in [2.05, 4.69) is 11.6 Å². The van der Waals surface area contributed by atoms with Crippen molar-refractivity contribution in [3.05, 3.63) is 24.7 Å². The van der Waals surface area contributed by atoms with Crippen molar-refractivity contribution in [2.75, 3.05) is 18.9 Å². The molecule has 82 valence electrons. The van der Waals surface area contributed by atoms with E-state index >= 15 is 0 Å². The van der Waals surface area contributed by atoms with Gasteiger partial charge in [0.2, 0.25) is 0 Å². The molecule has 15 heavy (non-hydrogen) atoms. The van der Waals surface area contributed by atoms with Crippen LogP contribution in [-0.2, 0) is 11.3 Å². The van der Waals surface area contributed by atoms with E-state index in [4.69, 9.17) is 10.5 Å².